The summed E-state index contributed by atoms with van der Waals surface area (Å²) >= 11 is 0. The highest BCUT2D eigenvalue weighted by Gasteiger charge is 2.59. The van der Waals surface area contributed by atoms with Gasteiger partial charge in [0.2, 0.25) is 5.91 Å². The van der Waals surface area contributed by atoms with Gasteiger partial charge in [-0.2, -0.15) is 0 Å². The lowest BCUT2D eigenvalue weighted by atomic mass is 9.44. The Hall–Kier alpha value is -2.00. The van der Waals surface area contributed by atoms with E-state index in [4.69, 9.17) is 16.2 Å². The number of benzene rings is 1. The van der Waals surface area contributed by atoms with E-state index in [1.807, 2.05) is 30.3 Å². The molecule has 0 bridgehead atoms. The van der Waals surface area contributed by atoms with Crippen molar-refractivity contribution in [3.8, 4) is 0 Å². The summed E-state index contributed by atoms with van der Waals surface area (Å²) < 4.78 is 5.01. The average Bonchev–Trinajstić information content (AvgIpc) is 3.46. The largest absolute Gasteiger partial charge is 0.467 e. The highest BCUT2D eigenvalue weighted by molar-refractivity contribution is 5.84. The molecule has 4 saturated carbocycles. The number of ether oxygens (including phenoxy) is 1. The van der Waals surface area contributed by atoms with Crippen LogP contribution >= 0.6 is 0 Å². The van der Waals surface area contributed by atoms with Gasteiger partial charge in [0.1, 0.15) is 6.04 Å². The van der Waals surface area contributed by atoms with Crippen molar-refractivity contribution >= 4 is 11.9 Å². The van der Waals surface area contributed by atoms with Crippen LogP contribution in [0, 0.1) is 40.4 Å². The summed E-state index contributed by atoms with van der Waals surface area (Å²) in [7, 11) is 1.39. The number of carbonyl (C=O) groups excluding carboxylic acids is 2. The molecule has 1 aromatic carbocycles. The number of rotatable bonds is 19. The second-order valence-electron chi connectivity index (χ2n) is 17.1. The number of fused-ring (bicyclic) bond motifs is 5. The van der Waals surface area contributed by atoms with Crippen LogP contribution in [-0.2, 0) is 20.7 Å². The predicted octanol–water partition coefficient (Wildman–Crippen LogP) is 6.06. The summed E-state index contributed by atoms with van der Waals surface area (Å²) in [6.07, 6.45) is 18.6. The van der Waals surface area contributed by atoms with Gasteiger partial charge < -0.3 is 31.7 Å². The summed E-state index contributed by atoms with van der Waals surface area (Å²) in [6.45, 7) is 11.3. The molecule has 0 heterocycles. The first-order valence-corrected chi connectivity index (χ1v) is 20.5. The van der Waals surface area contributed by atoms with E-state index >= 15 is 0 Å². The number of methoxy groups -OCH3 is 1. The molecule has 0 radical (unpaired) electrons. The Kier molecular flexibility index (Phi) is 14.6. The molecule has 4 aliphatic carbocycles. The molecule has 6 N–H and O–H groups in total. The number of nitrogens with two attached hydrogens (primary N) is 2. The maximum absolute atomic E-state index is 13.0. The number of nitrogens with zero attached hydrogens (tertiary/aromatic N) is 1. The fourth-order valence-electron chi connectivity index (χ4n) is 11.6. The first kappa shape index (κ1) is 39.2. The third-order valence-corrected chi connectivity index (χ3v) is 14.4. The van der Waals surface area contributed by atoms with E-state index in [0.29, 0.717) is 35.6 Å². The molecule has 8 nitrogen and oxygen atoms in total. The molecule has 4 fully saturated rings. The van der Waals surface area contributed by atoms with Crippen molar-refractivity contribution in [1.82, 2.24) is 15.5 Å². The maximum Gasteiger partial charge on any atom is 0.328 e. The Labute approximate surface area is 304 Å². The van der Waals surface area contributed by atoms with Crippen LogP contribution < -0.4 is 22.1 Å². The zero-order valence-corrected chi connectivity index (χ0v) is 31.8. The van der Waals surface area contributed by atoms with Crippen LogP contribution in [0.4, 0.5) is 0 Å². The molecule has 282 valence electrons. The monoisotopic (exact) mass is 694 g/mol. The van der Waals surface area contributed by atoms with E-state index in [2.05, 4.69) is 29.4 Å². The summed E-state index contributed by atoms with van der Waals surface area (Å²) in [5.74, 6) is 3.73. The van der Waals surface area contributed by atoms with Crippen molar-refractivity contribution in [2.24, 2.45) is 51.9 Å². The Balaban J connectivity index is 1.07. The van der Waals surface area contributed by atoms with Crippen molar-refractivity contribution in [2.45, 2.75) is 129 Å². The van der Waals surface area contributed by atoms with E-state index < -0.39 is 6.04 Å². The Morgan fingerprint density at radius 1 is 0.880 bits per heavy atom. The SMILES string of the molecule is COC(=O)[C@H](Cc1ccccc1)NC(=O)CCCC1CCC2C3CCC4CC(NCCCN(CCCN)CCCN)CCC4(C)C3CCC12C. The molecule has 9 atom stereocenters. The van der Waals surface area contributed by atoms with Crippen LogP contribution in [0.15, 0.2) is 30.3 Å². The number of esters is 1. The van der Waals surface area contributed by atoms with Gasteiger partial charge in [-0.3, -0.25) is 4.79 Å². The van der Waals surface area contributed by atoms with Crippen LogP contribution in [0.1, 0.15) is 116 Å². The molecule has 1 aromatic rings. The predicted molar refractivity (Wildman–Crippen MR) is 203 cm³/mol. The molecule has 0 aromatic heterocycles. The smallest absolute Gasteiger partial charge is 0.328 e. The molecule has 5 rings (SSSR count). The number of hydrogen-bond donors (Lipinski definition) is 4. The lowest BCUT2D eigenvalue weighted by Crippen LogP contribution is -2.55. The van der Waals surface area contributed by atoms with E-state index in [-0.39, 0.29) is 11.9 Å². The van der Waals surface area contributed by atoms with Crippen LogP contribution in [0.5, 0.6) is 0 Å². The van der Waals surface area contributed by atoms with Crippen LogP contribution in [0.2, 0.25) is 0 Å². The lowest BCUT2D eigenvalue weighted by Gasteiger charge is -2.61. The lowest BCUT2D eigenvalue weighted by molar-refractivity contribution is -0.145. The molecular formula is C42H71N5O3. The van der Waals surface area contributed by atoms with Crippen molar-refractivity contribution in [3.05, 3.63) is 35.9 Å². The minimum absolute atomic E-state index is 0.0388. The molecule has 50 heavy (non-hydrogen) atoms. The fourth-order valence-corrected chi connectivity index (χ4v) is 11.6. The van der Waals surface area contributed by atoms with Crippen molar-refractivity contribution in [1.29, 1.82) is 0 Å². The molecule has 8 heteroatoms. The topological polar surface area (TPSA) is 123 Å². The molecule has 4 aliphatic rings. The van der Waals surface area contributed by atoms with Gasteiger partial charge >= 0.3 is 5.97 Å². The number of carbonyl (C=O) groups is 2. The first-order valence-electron chi connectivity index (χ1n) is 20.5. The normalized spacial score (nSPS) is 32.5. The minimum Gasteiger partial charge on any atom is -0.467 e. The molecule has 1 amide bonds. The van der Waals surface area contributed by atoms with Gasteiger partial charge in [-0.1, -0.05) is 44.2 Å². The third kappa shape index (κ3) is 9.50. The number of hydrogen-bond acceptors (Lipinski definition) is 7. The highest BCUT2D eigenvalue weighted by Crippen LogP contribution is 2.67. The van der Waals surface area contributed by atoms with E-state index in [1.54, 1.807) is 0 Å². The van der Waals surface area contributed by atoms with Crippen LogP contribution in [-0.4, -0.2) is 75.2 Å². The van der Waals surface area contributed by atoms with Crippen LogP contribution in [0.3, 0.4) is 0 Å². The number of amides is 1. The fraction of sp³-hybridized carbons (Fsp3) is 0.810. The van der Waals surface area contributed by atoms with Crippen molar-refractivity contribution < 1.29 is 14.3 Å². The second kappa shape index (κ2) is 18.7. The van der Waals surface area contributed by atoms with Gasteiger partial charge in [0.05, 0.1) is 7.11 Å². The maximum atomic E-state index is 13.0. The summed E-state index contributed by atoms with van der Waals surface area (Å²) in [5.41, 5.74) is 13.5. The van der Waals surface area contributed by atoms with Gasteiger partial charge in [0.15, 0.2) is 0 Å². The van der Waals surface area contributed by atoms with Crippen LogP contribution in [0.25, 0.3) is 0 Å². The quantitative estimate of drug-likeness (QED) is 0.103. The zero-order valence-electron chi connectivity index (χ0n) is 31.8. The summed E-state index contributed by atoms with van der Waals surface area (Å²) in [4.78, 5) is 28.0. The van der Waals surface area contributed by atoms with E-state index in [1.165, 1.54) is 71.3 Å². The summed E-state index contributed by atoms with van der Waals surface area (Å²) in [6, 6.07) is 9.87. The van der Waals surface area contributed by atoms with Crippen molar-refractivity contribution in [3.63, 3.8) is 0 Å². The van der Waals surface area contributed by atoms with E-state index in [0.717, 1.165) is 94.2 Å². The first-order chi connectivity index (χ1) is 24.2. The van der Waals surface area contributed by atoms with Gasteiger partial charge in [-0.25, -0.2) is 4.79 Å². The minimum atomic E-state index is -0.644. The third-order valence-electron chi connectivity index (χ3n) is 14.4. The zero-order chi connectivity index (χ0) is 35.6. The molecule has 0 spiro atoms. The number of nitrogens with one attached hydrogen (secondary N) is 2. The molecule has 0 saturated heterocycles. The standard InChI is InChI=1S/C42H71N5O3/c1-41-22-20-37-35(17-15-33-30-34(19-21-42(33,37)2)45-25-10-28-47(26-8-23-43)27-9-24-44)36(41)18-16-32(41)13-7-14-39(48)46-38(40(49)50-3)29-31-11-5-4-6-12-31/h4-6,11-12,32-38,45H,7-10,13-30,43-44H2,1-3H3,(H,46,48)/t32?,33?,34?,35?,36?,37?,38-,41?,42?/m0/s1. The van der Waals surface area contributed by atoms with Gasteiger partial charge in [-0.05, 0) is 175 Å². The van der Waals surface area contributed by atoms with Gasteiger partial charge in [0, 0.05) is 18.9 Å². The Morgan fingerprint density at radius 3 is 2.30 bits per heavy atom. The molecule has 8 unspecified atom stereocenters. The highest BCUT2D eigenvalue weighted by atomic mass is 16.5. The van der Waals surface area contributed by atoms with Crippen molar-refractivity contribution in [2.75, 3.05) is 46.4 Å². The van der Waals surface area contributed by atoms with E-state index in [9.17, 15) is 9.59 Å². The average molecular weight is 694 g/mol. The second-order valence-corrected chi connectivity index (χ2v) is 17.1. The van der Waals surface area contributed by atoms with Gasteiger partial charge in [-0.15, -0.1) is 0 Å². The molecule has 0 aliphatic heterocycles. The molecular weight excluding hydrogens is 622 g/mol. The Bertz CT molecular complexity index is 1190. The summed E-state index contributed by atoms with van der Waals surface area (Å²) in [5, 5.41) is 6.97. The van der Waals surface area contributed by atoms with Gasteiger partial charge in [0.25, 0.3) is 0 Å². The Morgan fingerprint density at radius 2 is 1.58 bits per heavy atom.